The highest BCUT2D eigenvalue weighted by Crippen LogP contribution is 2.06. The first-order valence-electron chi connectivity index (χ1n) is 5.21. The predicted octanol–water partition coefficient (Wildman–Crippen LogP) is 0.634. The normalized spacial score (nSPS) is 11.6. The molecule has 0 aromatic heterocycles. The van der Waals surface area contributed by atoms with Gasteiger partial charge in [-0.1, -0.05) is 24.3 Å². The van der Waals surface area contributed by atoms with E-state index in [1.165, 1.54) is 0 Å². The fourth-order valence-electron chi connectivity index (χ4n) is 1.30. The van der Waals surface area contributed by atoms with Gasteiger partial charge in [0.25, 0.3) is 0 Å². The number of nitrogens with one attached hydrogen (secondary N) is 2. The minimum atomic E-state index is -3.17. The van der Waals surface area contributed by atoms with Gasteiger partial charge in [0.15, 0.2) is 0 Å². The van der Waals surface area contributed by atoms with Crippen LogP contribution in [0.3, 0.4) is 0 Å². The van der Waals surface area contributed by atoms with Gasteiger partial charge < -0.3 is 5.32 Å². The second-order valence-electron chi connectivity index (χ2n) is 3.67. The van der Waals surface area contributed by atoms with Crippen molar-refractivity contribution in [3.63, 3.8) is 0 Å². The maximum atomic E-state index is 11.5. The van der Waals surface area contributed by atoms with Crippen LogP contribution in [0, 0.1) is 6.92 Å². The van der Waals surface area contributed by atoms with Crippen LogP contribution in [0.5, 0.6) is 0 Å². The third-order valence-electron chi connectivity index (χ3n) is 2.36. The van der Waals surface area contributed by atoms with Gasteiger partial charge in [-0.2, -0.15) is 0 Å². The number of hydrogen-bond donors (Lipinski definition) is 2. The summed E-state index contributed by atoms with van der Waals surface area (Å²) in [4.78, 5) is 0. The Hall–Kier alpha value is -0.910. The SMILES string of the molecule is CNCCS(=O)(=O)NCc1ccccc1C. The molecule has 0 aliphatic carbocycles. The van der Waals surface area contributed by atoms with Crippen LogP contribution < -0.4 is 10.0 Å². The molecule has 0 spiro atoms. The summed E-state index contributed by atoms with van der Waals surface area (Å²) >= 11 is 0. The van der Waals surface area contributed by atoms with Crippen molar-refractivity contribution in [3.8, 4) is 0 Å². The summed E-state index contributed by atoms with van der Waals surface area (Å²) in [7, 11) is -1.44. The van der Waals surface area contributed by atoms with Crippen LogP contribution in [0.1, 0.15) is 11.1 Å². The van der Waals surface area contributed by atoms with Crippen LogP contribution in [-0.4, -0.2) is 27.8 Å². The van der Waals surface area contributed by atoms with Gasteiger partial charge in [0.1, 0.15) is 0 Å². The van der Waals surface area contributed by atoms with E-state index in [4.69, 9.17) is 0 Å². The summed E-state index contributed by atoms with van der Waals surface area (Å²) < 4.78 is 25.6. The molecule has 90 valence electrons. The van der Waals surface area contributed by atoms with E-state index < -0.39 is 10.0 Å². The van der Waals surface area contributed by atoms with Crippen molar-refractivity contribution < 1.29 is 8.42 Å². The van der Waals surface area contributed by atoms with Gasteiger partial charge in [-0.3, -0.25) is 0 Å². The van der Waals surface area contributed by atoms with Crippen LogP contribution in [0.15, 0.2) is 24.3 Å². The number of rotatable bonds is 6. The van der Waals surface area contributed by atoms with E-state index in [1.54, 1.807) is 7.05 Å². The Balaban J connectivity index is 2.55. The zero-order valence-corrected chi connectivity index (χ0v) is 10.5. The van der Waals surface area contributed by atoms with E-state index in [1.807, 2.05) is 31.2 Å². The Bertz CT molecular complexity index is 429. The molecular weight excluding hydrogens is 224 g/mol. The monoisotopic (exact) mass is 242 g/mol. The summed E-state index contributed by atoms with van der Waals surface area (Å²) in [6.07, 6.45) is 0. The Kier molecular flexibility index (Phi) is 4.92. The van der Waals surface area contributed by atoms with E-state index in [-0.39, 0.29) is 5.75 Å². The predicted molar refractivity (Wildman–Crippen MR) is 65.7 cm³/mol. The van der Waals surface area contributed by atoms with Crippen LogP contribution in [0.2, 0.25) is 0 Å². The molecule has 1 aromatic rings. The van der Waals surface area contributed by atoms with Crippen LogP contribution in [0.25, 0.3) is 0 Å². The lowest BCUT2D eigenvalue weighted by molar-refractivity contribution is 0.579. The molecular formula is C11H18N2O2S. The lowest BCUT2D eigenvalue weighted by Gasteiger charge is -2.08. The third kappa shape index (κ3) is 4.30. The molecule has 0 aliphatic heterocycles. The molecule has 0 amide bonds. The maximum absolute atomic E-state index is 11.5. The quantitative estimate of drug-likeness (QED) is 0.769. The highest BCUT2D eigenvalue weighted by Gasteiger charge is 2.09. The van der Waals surface area contributed by atoms with Gasteiger partial charge in [0, 0.05) is 13.1 Å². The van der Waals surface area contributed by atoms with E-state index in [2.05, 4.69) is 10.0 Å². The zero-order chi connectivity index (χ0) is 12.0. The second-order valence-corrected chi connectivity index (χ2v) is 5.60. The smallest absolute Gasteiger partial charge is 0.213 e. The van der Waals surface area contributed by atoms with Crippen LogP contribution in [0.4, 0.5) is 0 Å². The Morgan fingerprint density at radius 2 is 1.94 bits per heavy atom. The molecule has 0 bridgehead atoms. The topological polar surface area (TPSA) is 58.2 Å². The van der Waals surface area contributed by atoms with Crippen molar-refractivity contribution in [2.75, 3.05) is 19.3 Å². The van der Waals surface area contributed by atoms with E-state index >= 15 is 0 Å². The second kappa shape index (κ2) is 5.98. The molecule has 0 aliphatic rings. The third-order valence-corrected chi connectivity index (χ3v) is 3.69. The van der Waals surface area contributed by atoms with E-state index in [9.17, 15) is 8.42 Å². The average molecular weight is 242 g/mol. The highest BCUT2D eigenvalue weighted by molar-refractivity contribution is 7.89. The minimum absolute atomic E-state index is 0.107. The molecule has 0 radical (unpaired) electrons. The minimum Gasteiger partial charge on any atom is -0.319 e. The first kappa shape index (κ1) is 13.2. The standard InChI is InChI=1S/C11H18N2O2S/c1-10-5-3-4-6-11(10)9-13-16(14,15)8-7-12-2/h3-6,12-13H,7-9H2,1-2H3. The molecule has 0 atom stereocenters. The van der Waals surface area contributed by atoms with Crippen LogP contribution >= 0.6 is 0 Å². The summed E-state index contributed by atoms with van der Waals surface area (Å²) in [5.74, 6) is 0.107. The molecule has 2 N–H and O–H groups in total. The van der Waals surface area contributed by atoms with Gasteiger partial charge >= 0.3 is 0 Å². The lowest BCUT2D eigenvalue weighted by Crippen LogP contribution is -2.30. The molecule has 0 saturated heterocycles. The molecule has 0 unspecified atom stereocenters. The van der Waals surface area contributed by atoms with Crippen molar-refractivity contribution in [2.24, 2.45) is 0 Å². The van der Waals surface area contributed by atoms with Crippen molar-refractivity contribution >= 4 is 10.0 Å². The van der Waals surface area contributed by atoms with Gasteiger partial charge in [0.2, 0.25) is 10.0 Å². The number of hydrogen-bond acceptors (Lipinski definition) is 3. The first-order chi connectivity index (χ1) is 7.55. The highest BCUT2D eigenvalue weighted by atomic mass is 32.2. The zero-order valence-electron chi connectivity index (χ0n) is 9.66. The summed E-state index contributed by atoms with van der Waals surface area (Å²) in [6, 6.07) is 7.74. The van der Waals surface area contributed by atoms with E-state index in [0.29, 0.717) is 13.1 Å². The Morgan fingerprint density at radius 3 is 2.56 bits per heavy atom. The molecule has 4 nitrogen and oxygen atoms in total. The van der Waals surface area contributed by atoms with E-state index in [0.717, 1.165) is 11.1 Å². The lowest BCUT2D eigenvalue weighted by atomic mass is 10.1. The van der Waals surface area contributed by atoms with Crippen molar-refractivity contribution in [1.82, 2.24) is 10.0 Å². The van der Waals surface area contributed by atoms with Gasteiger partial charge in [-0.15, -0.1) is 0 Å². The largest absolute Gasteiger partial charge is 0.319 e. The Labute approximate surface area is 97.1 Å². The fourth-order valence-corrected chi connectivity index (χ4v) is 2.30. The molecule has 16 heavy (non-hydrogen) atoms. The molecule has 0 heterocycles. The number of benzene rings is 1. The molecule has 1 aromatic carbocycles. The van der Waals surface area contributed by atoms with Gasteiger partial charge in [-0.05, 0) is 25.1 Å². The summed E-state index contributed by atoms with van der Waals surface area (Å²) in [5, 5.41) is 2.81. The van der Waals surface area contributed by atoms with Gasteiger partial charge in [0.05, 0.1) is 5.75 Å². The van der Waals surface area contributed by atoms with Crippen molar-refractivity contribution in [1.29, 1.82) is 0 Å². The van der Waals surface area contributed by atoms with Crippen molar-refractivity contribution in [2.45, 2.75) is 13.5 Å². The maximum Gasteiger partial charge on any atom is 0.213 e. The number of sulfonamides is 1. The first-order valence-corrected chi connectivity index (χ1v) is 6.87. The molecule has 0 saturated carbocycles. The molecule has 5 heteroatoms. The molecule has 0 fully saturated rings. The number of aryl methyl sites for hydroxylation is 1. The summed E-state index contributed by atoms with van der Waals surface area (Å²) in [6.45, 7) is 2.79. The summed E-state index contributed by atoms with van der Waals surface area (Å²) in [5.41, 5.74) is 2.11. The fraction of sp³-hybridized carbons (Fsp3) is 0.455. The molecule has 1 rings (SSSR count). The van der Waals surface area contributed by atoms with Crippen LogP contribution in [-0.2, 0) is 16.6 Å². The Morgan fingerprint density at radius 1 is 1.25 bits per heavy atom. The van der Waals surface area contributed by atoms with Gasteiger partial charge in [-0.25, -0.2) is 13.1 Å². The average Bonchev–Trinajstić information content (AvgIpc) is 2.26. The van der Waals surface area contributed by atoms with Crippen molar-refractivity contribution in [3.05, 3.63) is 35.4 Å².